The second-order valence-corrected chi connectivity index (χ2v) is 4.60. The molecular weight excluding hydrogens is 347 g/mol. The van der Waals surface area contributed by atoms with Gasteiger partial charge < -0.3 is 10.2 Å². The number of halogens is 1. The lowest BCUT2D eigenvalue weighted by atomic mass is 10.4. The van der Waals surface area contributed by atoms with Gasteiger partial charge in [-0.15, -0.1) is 35.3 Å². The second kappa shape index (κ2) is 8.68. The van der Waals surface area contributed by atoms with Gasteiger partial charge in [0, 0.05) is 25.5 Å². The molecule has 0 aliphatic carbocycles. The molecule has 0 spiro atoms. The van der Waals surface area contributed by atoms with Crippen molar-refractivity contribution in [2.24, 2.45) is 4.99 Å². The molecule has 17 heavy (non-hydrogen) atoms. The highest BCUT2D eigenvalue weighted by Crippen LogP contribution is 2.09. The van der Waals surface area contributed by atoms with Crippen molar-refractivity contribution in [2.45, 2.75) is 27.3 Å². The van der Waals surface area contributed by atoms with E-state index in [1.165, 1.54) is 0 Å². The van der Waals surface area contributed by atoms with Crippen molar-refractivity contribution < 1.29 is 0 Å². The number of hydrogen-bond acceptors (Lipinski definition) is 3. The van der Waals surface area contributed by atoms with E-state index in [0.717, 1.165) is 36.3 Å². The fourth-order valence-electron chi connectivity index (χ4n) is 1.42. The summed E-state index contributed by atoms with van der Waals surface area (Å²) in [7, 11) is 2.03. The minimum absolute atomic E-state index is 0. The number of nitrogens with zero attached hydrogens (tertiary/aromatic N) is 3. The SMILES string of the molecule is CCN=C(NCC)N(C)Cc1csc(C)n1.I. The number of nitrogens with one attached hydrogen (secondary N) is 1. The molecule has 0 fully saturated rings. The fraction of sp³-hybridized carbons (Fsp3) is 0.636. The van der Waals surface area contributed by atoms with Gasteiger partial charge in [0.1, 0.15) is 0 Å². The zero-order chi connectivity index (χ0) is 12.0. The van der Waals surface area contributed by atoms with Crippen LogP contribution in [0.5, 0.6) is 0 Å². The van der Waals surface area contributed by atoms with E-state index in [1.807, 2.05) is 20.9 Å². The molecule has 0 bridgehead atoms. The van der Waals surface area contributed by atoms with Crippen molar-refractivity contribution >= 4 is 41.3 Å². The Bertz CT molecular complexity index is 351. The average molecular weight is 368 g/mol. The Morgan fingerprint density at radius 1 is 1.53 bits per heavy atom. The van der Waals surface area contributed by atoms with Crippen LogP contribution in [0.25, 0.3) is 0 Å². The number of rotatable bonds is 4. The maximum atomic E-state index is 4.45. The first kappa shape index (κ1) is 16.6. The van der Waals surface area contributed by atoms with Gasteiger partial charge >= 0.3 is 0 Å². The average Bonchev–Trinajstić information content (AvgIpc) is 2.63. The van der Waals surface area contributed by atoms with E-state index in [9.17, 15) is 0 Å². The quantitative estimate of drug-likeness (QED) is 0.504. The molecule has 0 aromatic carbocycles. The molecule has 1 aromatic heterocycles. The minimum Gasteiger partial charge on any atom is -0.357 e. The van der Waals surface area contributed by atoms with E-state index >= 15 is 0 Å². The van der Waals surface area contributed by atoms with Gasteiger partial charge in [-0.2, -0.15) is 0 Å². The highest BCUT2D eigenvalue weighted by molar-refractivity contribution is 14.0. The Kier molecular flexibility index (Phi) is 8.49. The van der Waals surface area contributed by atoms with Gasteiger partial charge in [-0.05, 0) is 20.8 Å². The topological polar surface area (TPSA) is 40.5 Å². The number of hydrogen-bond donors (Lipinski definition) is 1. The molecule has 0 aliphatic heterocycles. The summed E-state index contributed by atoms with van der Waals surface area (Å²) >= 11 is 1.69. The molecule has 0 saturated carbocycles. The molecule has 1 N–H and O–H groups in total. The van der Waals surface area contributed by atoms with E-state index in [0.29, 0.717) is 0 Å². The molecule has 98 valence electrons. The van der Waals surface area contributed by atoms with Crippen LogP contribution >= 0.6 is 35.3 Å². The Balaban J connectivity index is 0.00000256. The lowest BCUT2D eigenvalue weighted by molar-refractivity contribution is 0.471. The van der Waals surface area contributed by atoms with E-state index in [2.05, 4.69) is 32.5 Å². The largest absolute Gasteiger partial charge is 0.357 e. The predicted molar refractivity (Wildman–Crippen MR) is 85.4 cm³/mol. The summed E-state index contributed by atoms with van der Waals surface area (Å²) in [5, 5.41) is 6.47. The Morgan fingerprint density at radius 3 is 2.71 bits per heavy atom. The molecule has 1 rings (SSSR count). The standard InChI is InChI=1S/C11H20N4S.HI/c1-5-12-11(13-6-2)15(4)7-10-8-16-9(3)14-10;/h8H,5-7H2,1-4H3,(H,12,13);1H. The molecule has 1 aromatic rings. The third-order valence-electron chi connectivity index (χ3n) is 2.07. The van der Waals surface area contributed by atoms with Crippen LogP contribution in [0.3, 0.4) is 0 Å². The van der Waals surface area contributed by atoms with Crippen LogP contribution < -0.4 is 5.32 Å². The zero-order valence-corrected chi connectivity index (χ0v) is 14.0. The first-order valence-electron chi connectivity index (χ1n) is 5.57. The van der Waals surface area contributed by atoms with Gasteiger partial charge in [0.15, 0.2) is 5.96 Å². The van der Waals surface area contributed by atoms with Crippen LogP contribution in [0, 0.1) is 6.92 Å². The summed E-state index contributed by atoms with van der Waals surface area (Å²) in [6, 6.07) is 0. The summed E-state index contributed by atoms with van der Waals surface area (Å²) < 4.78 is 0. The van der Waals surface area contributed by atoms with Crippen LogP contribution in [0.4, 0.5) is 0 Å². The van der Waals surface area contributed by atoms with Gasteiger partial charge in [-0.3, -0.25) is 4.99 Å². The van der Waals surface area contributed by atoms with Crippen molar-refractivity contribution in [3.63, 3.8) is 0 Å². The minimum atomic E-state index is 0. The van der Waals surface area contributed by atoms with E-state index in [1.54, 1.807) is 11.3 Å². The fourth-order valence-corrected chi connectivity index (χ4v) is 2.02. The van der Waals surface area contributed by atoms with Crippen molar-refractivity contribution in [2.75, 3.05) is 20.1 Å². The highest BCUT2D eigenvalue weighted by atomic mass is 127. The van der Waals surface area contributed by atoms with E-state index < -0.39 is 0 Å². The molecule has 0 saturated heterocycles. The van der Waals surface area contributed by atoms with Crippen molar-refractivity contribution in [3.8, 4) is 0 Å². The highest BCUT2D eigenvalue weighted by Gasteiger charge is 2.07. The van der Waals surface area contributed by atoms with E-state index in [-0.39, 0.29) is 24.0 Å². The first-order chi connectivity index (χ1) is 7.67. The number of aromatic nitrogens is 1. The number of aliphatic imine (C=N–C) groups is 1. The maximum absolute atomic E-state index is 4.45. The monoisotopic (exact) mass is 368 g/mol. The van der Waals surface area contributed by atoms with Crippen molar-refractivity contribution in [3.05, 3.63) is 16.1 Å². The number of thiazole rings is 1. The summed E-state index contributed by atoms with van der Waals surface area (Å²) in [6.07, 6.45) is 0. The second-order valence-electron chi connectivity index (χ2n) is 3.54. The lowest BCUT2D eigenvalue weighted by Gasteiger charge is -2.20. The zero-order valence-electron chi connectivity index (χ0n) is 10.9. The first-order valence-corrected chi connectivity index (χ1v) is 6.45. The van der Waals surface area contributed by atoms with Crippen LogP contribution in [0.1, 0.15) is 24.5 Å². The Morgan fingerprint density at radius 2 is 2.24 bits per heavy atom. The molecule has 6 heteroatoms. The summed E-state index contributed by atoms with van der Waals surface area (Å²) in [5.74, 6) is 0.940. The normalized spacial score (nSPS) is 10.9. The lowest BCUT2D eigenvalue weighted by Crippen LogP contribution is -2.38. The summed E-state index contributed by atoms with van der Waals surface area (Å²) in [6.45, 7) is 8.63. The molecule has 1 heterocycles. The number of aryl methyl sites for hydroxylation is 1. The third-order valence-corrected chi connectivity index (χ3v) is 2.89. The third kappa shape index (κ3) is 5.67. The molecular formula is C11H21IN4S. The molecule has 0 radical (unpaired) electrons. The molecule has 0 aliphatic rings. The van der Waals surface area contributed by atoms with E-state index in [4.69, 9.17) is 0 Å². The predicted octanol–water partition coefficient (Wildman–Crippen LogP) is 2.49. The van der Waals surface area contributed by atoms with Crippen LogP contribution in [-0.4, -0.2) is 36.0 Å². The Labute approximate surface area is 125 Å². The van der Waals surface area contributed by atoms with Crippen molar-refractivity contribution in [1.29, 1.82) is 0 Å². The van der Waals surface area contributed by atoms with Gasteiger partial charge in [0.25, 0.3) is 0 Å². The smallest absolute Gasteiger partial charge is 0.193 e. The van der Waals surface area contributed by atoms with Crippen molar-refractivity contribution in [1.82, 2.24) is 15.2 Å². The Hall–Kier alpha value is -0.370. The molecule has 0 amide bonds. The van der Waals surface area contributed by atoms with Gasteiger partial charge in [0.05, 0.1) is 17.2 Å². The summed E-state index contributed by atoms with van der Waals surface area (Å²) in [4.78, 5) is 11.0. The van der Waals surface area contributed by atoms with Crippen LogP contribution in [-0.2, 0) is 6.54 Å². The summed E-state index contributed by atoms with van der Waals surface area (Å²) in [5.41, 5.74) is 1.10. The van der Waals surface area contributed by atoms with Gasteiger partial charge in [-0.25, -0.2) is 4.98 Å². The maximum Gasteiger partial charge on any atom is 0.193 e. The van der Waals surface area contributed by atoms with Gasteiger partial charge in [0.2, 0.25) is 0 Å². The van der Waals surface area contributed by atoms with Crippen LogP contribution in [0.2, 0.25) is 0 Å². The molecule has 4 nitrogen and oxygen atoms in total. The molecule has 0 unspecified atom stereocenters. The van der Waals surface area contributed by atoms with Gasteiger partial charge in [-0.1, -0.05) is 0 Å². The van der Waals surface area contributed by atoms with Crippen LogP contribution in [0.15, 0.2) is 10.4 Å². The number of guanidine groups is 1. The molecule has 0 atom stereocenters.